The van der Waals surface area contributed by atoms with Crippen LogP contribution in [0.25, 0.3) is 11.1 Å². The second-order valence-electron chi connectivity index (χ2n) is 5.89. The first kappa shape index (κ1) is 18.3. The van der Waals surface area contributed by atoms with E-state index in [9.17, 15) is 13.6 Å². The first-order valence-corrected chi connectivity index (χ1v) is 8.32. The van der Waals surface area contributed by atoms with Crippen LogP contribution in [0.2, 0.25) is 0 Å². The third kappa shape index (κ3) is 4.01. The van der Waals surface area contributed by atoms with Crippen LogP contribution in [0.5, 0.6) is 5.75 Å². The van der Waals surface area contributed by atoms with Gasteiger partial charge >= 0.3 is 5.97 Å². The Morgan fingerprint density at radius 3 is 1.96 bits per heavy atom. The number of nitriles is 1. The van der Waals surface area contributed by atoms with Gasteiger partial charge in [0, 0.05) is 12.1 Å². The standard InChI is InChI=1S/C22H15F2NO2/c1-2-14-3-5-15(6-4-14)16-7-9-17(10-8-16)22(26)27-18-11-20(23)19(13-25)21(24)12-18/h3-12H,2H2,1H3. The van der Waals surface area contributed by atoms with Crippen molar-refractivity contribution < 1.29 is 18.3 Å². The number of aryl methyl sites for hydroxylation is 1. The van der Waals surface area contributed by atoms with E-state index in [0.29, 0.717) is 0 Å². The van der Waals surface area contributed by atoms with E-state index in [1.165, 1.54) is 11.6 Å². The van der Waals surface area contributed by atoms with Crippen molar-refractivity contribution in [1.29, 1.82) is 5.26 Å². The summed E-state index contributed by atoms with van der Waals surface area (Å²) in [7, 11) is 0. The number of carbonyl (C=O) groups is 1. The zero-order chi connectivity index (χ0) is 19.4. The first-order valence-electron chi connectivity index (χ1n) is 8.32. The highest BCUT2D eigenvalue weighted by Gasteiger charge is 2.15. The van der Waals surface area contributed by atoms with E-state index in [1.807, 2.05) is 24.3 Å². The molecule has 0 spiro atoms. The Kier molecular flexibility index (Phi) is 5.28. The van der Waals surface area contributed by atoms with Crippen LogP contribution in [0, 0.1) is 23.0 Å². The zero-order valence-electron chi connectivity index (χ0n) is 14.5. The highest BCUT2D eigenvalue weighted by molar-refractivity contribution is 5.91. The number of esters is 1. The van der Waals surface area contributed by atoms with Crippen LogP contribution >= 0.6 is 0 Å². The van der Waals surface area contributed by atoms with Crippen molar-refractivity contribution in [3.8, 4) is 22.9 Å². The average molecular weight is 363 g/mol. The molecule has 0 aliphatic carbocycles. The molecule has 134 valence electrons. The van der Waals surface area contributed by atoms with Crippen molar-refractivity contribution in [3.63, 3.8) is 0 Å². The average Bonchev–Trinajstić information content (AvgIpc) is 2.68. The summed E-state index contributed by atoms with van der Waals surface area (Å²) in [5, 5.41) is 8.66. The number of halogens is 2. The van der Waals surface area contributed by atoms with Gasteiger partial charge in [0.15, 0.2) is 0 Å². The second kappa shape index (κ2) is 7.79. The molecule has 3 rings (SSSR count). The van der Waals surface area contributed by atoms with Crippen LogP contribution in [-0.2, 0) is 6.42 Å². The largest absolute Gasteiger partial charge is 0.423 e. The van der Waals surface area contributed by atoms with Crippen LogP contribution < -0.4 is 4.74 Å². The Morgan fingerprint density at radius 2 is 1.48 bits per heavy atom. The fourth-order valence-corrected chi connectivity index (χ4v) is 2.61. The minimum absolute atomic E-state index is 0.245. The van der Waals surface area contributed by atoms with Gasteiger partial charge in [-0.05, 0) is 35.2 Å². The molecule has 0 aliphatic rings. The lowest BCUT2D eigenvalue weighted by Crippen LogP contribution is -2.09. The molecule has 3 nitrogen and oxygen atoms in total. The molecule has 5 heteroatoms. The van der Waals surface area contributed by atoms with E-state index < -0.39 is 23.2 Å². The van der Waals surface area contributed by atoms with Crippen molar-refractivity contribution in [3.05, 3.63) is 89.0 Å². The molecule has 0 saturated heterocycles. The maximum atomic E-state index is 13.6. The molecule has 0 aromatic heterocycles. The van der Waals surface area contributed by atoms with Gasteiger partial charge in [0.05, 0.1) is 5.56 Å². The van der Waals surface area contributed by atoms with E-state index in [2.05, 4.69) is 6.92 Å². The molecule has 3 aromatic rings. The van der Waals surface area contributed by atoms with Crippen LogP contribution in [0.15, 0.2) is 60.7 Å². The molecule has 0 bridgehead atoms. The lowest BCUT2D eigenvalue weighted by atomic mass is 10.0. The van der Waals surface area contributed by atoms with Crippen molar-refractivity contribution in [1.82, 2.24) is 0 Å². The monoisotopic (exact) mass is 363 g/mol. The summed E-state index contributed by atoms with van der Waals surface area (Å²) < 4.78 is 32.2. The van der Waals surface area contributed by atoms with E-state index in [-0.39, 0.29) is 11.3 Å². The number of carbonyl (C=O) groups excluding carboxylic acids is 1. The Balaban J connectivity index is 1.77. The minimum Gasteiger partial charge on any atom is -0.423 e. The molecular formula is C22H15F2NO2. The molecule has 0 aliphatic heterocycles. The Hall–Kier alpha value is -3.52. The van der Waals surface area contributed by atoms with Crippen LogP contribution in [0.4, 0.5) is 8.78 Å². The molecule has 0 unspecified atom stereocenters. The van der Waals surface area contributed by atoms with Gasteiger partial charge < -0.3 is 4.74 Å². The normalized spacial score (nSPS) is 10.3. The fraction of sp³-hybridized carbons (Fsp3) is 0.0909. The van der Waals surface area contributed by atoms with Crippen molar-refractivity contribution in [2.24, 2.45) is 0 Å². The molecular weight excluding hydrogens is 348 g/mol. The molecule has 0 amide bonds. The van der Waals surface area contributed by atoms with Gasteiger partial charge in [0.2, 0.25) is 0 Å². The lowest BCUT2D eigenvalue weighted by Gasteiger charge is -2.07. The van der Waals surface area contributed by atoms with Crippen molar-refractivity contribution in [2.75, 3.05) is 0 Å². The van der Waals surface area contributed by atoms with E-state index >= 15 is 0 Å². The molecule has 27 heavy (non-hydrogen) atoms. The quantitative estimate of drug-likeness (QED) is 0.468. The topological polar surface area (TPSA) is 50.1 Å². The molecule has 0 N–H and O–H groups in total. The van der Waals surface area contributed by atoms with E-state index in [4.69, 9.17) is 10.00 Å². The summed E-state index contributed by atoms with van der Waals surface area (Å²) in [6.45, 7) is 2.08. The van der Waals surface area contributed by atoms with Gasteiger partial charge in [0.1, 0.15) is 29.0 Å². The highest BCUT2D eigenvalue weighted by atomic mass is 19.1. The number of nitrogens with zero attached hydrogens (tertiary/aromatic N) is 1. The third-order valence-electron chi connectivity index (χ3n) is 4.15. The maximum absolute atomic E-state index is 13.6. The SMILES string of the molecule is CCc1ccc(-c2ccc(C(=O)Oc3cc(F)c(C#N)c(F)c3)cc2)cc1. The van der Waals surface area contributed by atoms with Crippen LogP contribution in [0.1, 0.15) is 28.4 Å². The first-order chi connectivity index (χ1) is 13.0. The lowest BCUT2D eigenvalue weighted by molar-refractivity contribution is 0.0734. The van der Waals surface area contributed by atoms with Gasteiger partial charge in [-0.2, -0.15) is 5.26 Å². The molecule has 3 aromatic carbocycles. The number of hydrogen-bond donors (Lipinski definition) is 0. The summed E-state index contributed by atoms with van der Waals surface area (Å²) in [6, 6.07) is 17.9. The van der Waals surface area contributed by atoms with Gasteiger partial charge in [0.25, 0.3) is 0 Å². The summed E-state index contributed by atoms with van der Waals surface area (Å²) in [4.78, 5) is 12.2. The molecule has 0 atom stereocenters. The number of rotatable bonds is 4. The predicted octanol–water partition coefficient (Wildman–Crippen LogP) is 5.29. The third-order valence-corrected chi connectivity index (χ3v) is 4.15. The van der Waals surface area contributed by atoms with Crippen LogP contribution in [-0.4, -0.2) is 5.97 Å². The molecule has 0 heterocycles. The van der Waals surface area contributed by atoms with Crippen molar-refractivity contribution >= 4 is 5.97 Å². The van der Waals surface area contributed by atoms with Gasteiger partial charge in [-0.25, -0.2) is 13.6 Å². The molecule has 0 saturated carbocycles. The predicted molar refractivity (Wildman–Crippen MR) is 97.3 cm³/mol. The summed E-state index contributed by atoms with van der Waals surface area (Å²) in [6.07, 6.45) is 0.960. The molecule has 0 radical (unpaired) electrons. The van der Waals surface area contributed by atoms with E-state index in [1.54, 1.807) is 24.3 Å². The van der Waals surface area contributed by atoms with Gasteiger partial charge in [-0.3, -0.25) is 0 Å². The number of ether oxygens (including phenoxy) is 1. The van der Waals surface area contributed by atoms with Gasteiger partial charge in [-0.1, -0.05) is 43.3 Å². The van der Waals surface area contributed by atoms with Crippen molar-refractivity contribution in [2.45, 2.75) is 13.3 Å². The fourth-order valence-electron chi connectivity index (χ4n) is 2.61. The smallest absolute Gasteiger partial charge is 0.343 e. The number of hydrogen-bond acceptors (Lipinski definition) is 3. The Morgan fingerprint density at radius 1 is 0.963 bits per heavy atom. The number of benzene rings is 3. The zero-order valence-corrected chi connectivity index (χ0v) is 14.5. The molecule has 0 fully saturated rings. The van der Waals surface area contributed by atoms with Gasteiger partial charge in [-0.15, -0.1) is 0 Å². The minimum atomic E-state index is -1.08. The summed E-state index contributed by atoms with van der Waals surface area (Å²) in [5.41, 5.74) is 2.72. The Bertz CT molecular complexity index is 997. The second-order valence-corrected chi connectivity index (χ2v) is 5.89. The highest BCUT2D eigenvalue weighted by Crippen LogP contribution is 2.23. The maximum Gasteiger partial charge on any atom is 0.343 e. The van der Waals surface area contributed by atoms with Crippen LogP contribution in [0.3, 0.4) is 0 Å². The summed E-state index contributed by atoms with van der Waals surface area (Å²) >= 11 is 0. The Labute approximate surface area is 155 Å². The summed E-state index contributed by atoms with van der Waals surface area (Å²) in [5.74, 6) is -3.20. The van der Waals surface area contributed by atoms with E-state index in [0.717, 1.165) is 29.7 Å².